The summed E-state index contributed by atoms with van der Waals surface area (Å²) in [5, 5.41) is 2.80. The van der Waals surface area contributed by atoms with E-state index in [0.717, 1.165) is 24.0 Å². The van der Waals surface area contributed by atoms with Crippen LogP contribution < -0.4 is 14.8 Å². The van der Waals surface area contributed by atoms with Gasteiger partial charge in [0.1, 0.15) is 5.75 Å². The standard InChI is InChI=1S/C27H31BrN2O4S/c1-4-5-6-7-14-34-26-13-8-21(18-25(26)28)27(31)29-22-9-11-24(12-10-22)35(32,33)30-23-16-19(2)15-20(3)17-23/h8-13,15-18,30H,4-7,14H2,1-3H3,(H,29,31). The number of aryl methyl sites for hydroxylation is 2. The number of hydrogen-bond donors (Lipinski definition) is 2. The second-order valence-electron chi connectivity index (χ2n) is 8.51. The van der Waals surface area contributed by atoms with Crippen LogP contribution in [0, 0.1) is 13.8 Å². The SMILES string of the molecule is CCCCCCOc1ccc(C(=O)Nc2ccc(S(=O)(=O)Nc3cc(C)cc(C)c3)cc2)cc1Br. The fourth-order valence-electron chi connectivity index (χ4n) is 3.64. The summed E-state index contributed by atoms with van der Waals surface area (Å²) in [6.07, 6.45) is 4.50. The van der Waals surface area contributed by atoms with Gasteiger partial charge in [0.15, 0.2) is 0 Å². The van der Waals surface area contributed by atoms with Crippen molar-refractivity contribution in [2.24, 2.45) is 0 Å². The lowest BCUT2D eigenvalue weighted by Gasteiger charge is -2.12. The molecule has 3 rings (SSSR count). The van der Waals surface area contributed by atoms with Gasteiger partial charge in [-0.05, 0) is 102 Å². The van der Waals surface area contributed by atoms with Crippen molar-refractivity contribution in [2.45, 2.75) is 51.3 Å². The van der Waals surface area contributed by atoms with Crippen LogP contribution in [0.3, 0.4) is 0 Å². The molecule has 2 N–H and O–H groups in total. The molecule has 186 valence electrons. The van der Waals surface area contributed by atoms with Gasteiger partial charge < -0.3 is 10.1 Å². The van der Waals surface area contributed by atoms with Crippen LogP contribution in [-0.4, -0.2) is 20.9 Å². The Morgan fingerprint density at radius 1 is 0.886 bits per heavy atom. The minimum atomic E-state index is -3.75. The number of carbonyl (C=O) groups excluding carboxylic acids is 1. The van der Waals surface area contributed by atoms with Crippen LogP contribution in [0.4, 0.5) is 11.4 Å². The zero-order valence-electron chi connectivity index (χ0n) is 20.2. The highest BCUT2D eigenvalue weighted by molar-refractivity contribution is 9.10. The molecule has 6 nitrogen and oxygen atoms in total. The topological polar surface area (TPSA) is 84.5 Å². The third kappa shape index (κ3) is 7.83. The smallest absolute Gasteiger partial charge is 0.261 e. The zero-order chi connectivity index (χ0) is 25.4. The lowest BCUT2D eigenvalue weighted by molar-refractivity contribution is 0.102. The average Bonchev–Trinajstić information content (AvgIpc) is 2.79. The van der Waals surface area contributed by atoms with Crippen LogP contribution in [0.5, 0.6) is 5.75 Å². The van der Waals surface area contributed by atoms with E-state index in [1.54, 1.807) is 42.5 Å². The summed E-state index contributed by atoms with van der Waals surface area (Å²) < 4.78 is 34.6. The maximum atomic E-state index is 12.8. The number of carbonyl (C=O) groups is 1. The second kappa shape index (κ2) is 12.2. The van der Waals surface area contributed by atoms with Gasteiger partial charge in [0.25, 0.3) is 15.9 Å². The molecule has 0 spiro atoms. The molecule has 35 heavy (non-hydrogen) atoms. The fourth-order valence-corrected chi connectivity index (χ4v) is 5.17. The molecule has 0 aliphatic heterocycles. The lowest BCUT2D eigenvalue weighted by Crippen LogP contribution is -2.14. The summed E-state index contributed by atoms with van der Waals surface area (Å²) in [5.41, 5.74) is 3.41. The Kier molecular flexibility index (Phi) is 9.34. The molecule has 0 bridgehead atoms. The van der Waals surface area contributed by atoms with Crippen LogP contribution in [0.1, 0.15) is 54.1 Å². The first kappa shape index (κ1) is 26.8. The monoisotopic (exact) mass is 558 g/mol. The predicted octanol–water partition coefficient (Wildman–Crippen LogP) is 7.08. The molecule has 0 aromatic heterocycles. The van der Waals surface area contributed by atoms with Crippen molar-refractivity contribution in [3.05, 3.63) is 81.8 Å². The molecule has 3 aromatic rings. The van der Waals surface area contributed by atoms with Gasteiger partial charge >= 0.3 is 0 Å². The normalized spacial score (nSPS) is 11.2. The van der Waals surface area contributed by atoms with Crippen molar-refractivity contribution in [1.29, 1.82) is 0 Å². The molecule has 0 heterocycles. The summed E-state index contributed by atoms with van der Waals surface area (Å²) in [4.78, 5) is 12.8. The highest BCUT2D eigenvalue weighted by Gasteiger charge is 2.15. The molecule has 0 unspecified atom stereocenters. The number of anilines is 2. The second-order valence-corrected chi connectivity index (χ2v) is 11.1. The van der Waals surface area contributed by atoms with Gasteiger partial charge in [0.05, 0.1) is 16.0 Å². The van der Waals surface area contributed by atoms with Crippen LogP contribution in [-0.2, 0) is 10.0 Å². The van der Waals surface area contributed by atoms with E-state index in [2.05, 4.69) is 32.9 Å². The molecule has 0 radical (unpaired) electrons. The minimum Gasteiger partial charge on any atom is -0.492 e. The summed E-state index contributed by atoms with van der Waals surface area (Å²) >= 11 is 3.47. The van der Waals surface area contributed by atoms with Gasteiger partial charge in [0, 0.05) is 16.9 Å². The van der Waals surface area contributed by atoms with Gasteiger partial charge in [-0.3, -0.25) is 9.52 Å². The van der Waals surface area contributed by atoms with E-state index in [1.807, 2.05) is 19.9 Å². The number of sulfonamides is 1. The highest BCUT2D eigenvalue weighted by Crippen LogP contribution is 2.27. The van der Waals surface area contributed by atoms with E-state index in [9.17, 15) is 13.2 Å². The molecule has 0 aliphatic rings. The molecule has 0 saturated heterocycles. The van der Waals surface area contributed by atoms with Crippen LogP contribution in [0.2, 0.25) is 0 Å². The number of ether oxygens (including phenoxy) is 1. The number of rotatable bonds is 11. The first-order chi connectivity index (χ1) is 16.7. The van der Waals surface area contributed by atoms with Gasteiger partial charge in [-0.1, -0.05) is 32.3 Å². The van der Waals surface area contributed by atoms with Gasteiger partial charge in [0.2, 0.25) is 0 Å². The first-order valence-electron chi connectivity index (χ1n) is 11.6. The summed E-state index contributed by atoms with van der Waals surface area (Å²) in [5.74, 6) is 0.396. The van der Waals surface area contributed by atoms with Gasteiger partial charge in [-0.25, -0.2) is 8.42 Å². The van der Waals surface area contributed by atoms with Gasteiger partial charge in [-0.2, -0.15) is 0 Å². The quantitative estimate of drug-likeness (QED) is 0.246. The van der Waals surface area contributed by atoms with E-state index in [-0.39, 0.29) is 10.8 Å². The molecule has 1 amide bonds. The molecule has 3 aromatic carbocycles. The van der Waals surface area contributed by atoms with Gasteiger partial charge in [-0.15, -0.1) is 0 Å². The zero-order valence-corrected chi connectivity index (χ0v) is 22.6. The Bertz CT molecular complexity index is 1250. The van der Waals surface area contributed by atoms with Crippen molar-refractivity contribution >= 4 is 43.2 Å². The van der Waals surface area contributed by atoms with E-state index >= 15 is 0 Å². The van der Waals surface area contributed by atoms with E-state index in [1.165, 1.54) is 25.0 Å². The molecule has 0 saturated carbocycles. The average molecular weight is 560 g/mol. The maximum Gasteiger partial charge on any atom is 0.261 e. The summed E-state index contributed by atoms with van der Waals surface area (Å²) in [6.45, 7) is 6.63. The Morgan fingerprint density at radius 3 is 2.20 bits per heavy atom. The molecule has 8 heteroatoms. The Hall–Kier alpha value is -2.84. The molecule has 0 atom stereocenters. The Balaban J connectivity index is 1.61. The number of halogens is 1. The molecule has 0 fully saturated rings. The van der Waals surface area contributed by atoms with Crippen LogP contribution in [0.25, 0.3) is 0 Å². The van der Waals surface area contributed by atoms with Crippen molar-refractivity contribution < 1.29 is 17.9 Å². The fraction of sp³-hybridized carbons (Fsp3) is 0.296. The number of hydrogen-bond acceptors (Lipinski definition) is 4. The van der Waals surface area contributed by atoms with Crippen molar-refractivity contribution in [2.75, 3.05) is 16.6 Å². The van der Waals surface area contributed by atoms with Crippen molar-refractivity contribution in [1.82, 2.24) is 0 Å². The Morgan fingerprint density at radius 2 is 1.57 bits per heavy atom. The number of nitrogens with one attached hydrogen (secondary N) is 2. The number of unbranched alkanes of at least 4 members (excludes halogenated alkanes) is 3. The van der Waals surface area contributed by atoms with Crippen LogP contribution >= 0.6 is 15.9 Å². The predicted molar refractivity (Wildman–Crippen MR) is 145 cm³/mol. The van der Waals surface area contributed by atoms with E-state index < -0.39 is 10.0 Å². The van der Waals surface area contributed by atoms with Crippen molar-refractivity contribution in [3.8, 4) is 5.75 Å². The summed E-state index contributed by atoms with van der Waals surface area (Å²) in [7, 11) is -3.75. The Labute approximate surface area is 216 Å². The first-order valence-corrected chi connectivity index (χ1v) is 13.9. The highest BCUT2D eigenvalue weighted by atomic mass is 79.9. The third-order valence-corrected chi connectivity index (χ3v) is 7.36. The largest absolute Gasteiger partial charge is 0.492 e. The maximum absolute atomic E-state index is 12.8. The molecule has 0 aliphatic carbocycles. The number of benzene rings is 3. The van der Waals surface area contributed by atoms with Crippen molar-refractivity contribution in [3.63, 3.8) is 0 Å². The molecular formula is C27H31BrN2O4S. The van der Waals surface area contributed by atoms with E-state index in [4.69, 9.17) is 4.74 Å². The van der Waals surface area contributed by atoms with Crippen LogP contribution in [0.15, 0.2) is 70.0 Å². The van der Waals surface area contributed by atoms with E-state index in [0.29, 0.717) is 33.8 Å². The number of amides is 1. The molecular weight excluding hydrogens is 528 g/mol. The lowest BCUT2D eigenvalue weighted by atomic mass is 10.1. The minimum absolute atomic E-state index is 0.109. The third-order valence-electron chi connectivity index (χ3n) is 5.35. The summed E-state index contributed by atoms with van der Waals surface area (Å²) in [6, 6.07) is 16.8.